The van der Waals surface area contributed by atoms with Crippen molar-refractivity contribution < 1.29 is 4.92 Å². The number of fused-ring (bicyclic) bond motifs is 1. The van der Waals surface area contributed by atoms with Gasteiger partial charge in [0.05, 0.1) is 15.5 Å². The van der Waals surface area contributed by atoms with Crippen molar-refractivity contribution in [3.63, 3.8) is 0 Å². The summed E-state index contributed by atoms with van der Waals surface area (Å²) < 4.78 is 0. The van der Waals surface area contributed by atoms with E-state index in [4.69, 9.17) is 17.3 Å². The van der Waals surface area contributed by atoms with E-state index in [1.807, 2.05) is 0 Å². The van der Waals surface area contributed by atoms with Gasteiger partial charge in [0, 0.05) is 5.39 Å². The van der Waals surface area contributed by atoms with Gasteiger partial charge in [0.25, 0.3) is 0 Å². The molecule has 0 atom stereocenters. The third-order valence-corrected chi connectivity index (χ3v) is 2.37. The Balaban J connectivity index is 2.86. The Kier molecular flexibility index (Phi) is 2.17. The van der Waals surface area contributed by atoms with Crippen LogP contribution in [0, 0.1) is 10.1 Å². The predicted molar refractivity (Wildman–Crippen MR) is 57.8 cm³/mol. The average Bonchev–Trinajstić information content (AvgIpc) is 2.19. The van der Waals surface area contributed by atoms with Crippen molar-refractivity contribution >= 4 is 33.9 Å². The molecule has 6 heteroatoms. The summed E-state index contributed by atoms with van der Waals surface area (Å²) in [5.74, 6) is 0. The number of nitrogen functional groups attached to an aromatic ring is 1. The number of para-hydroxylation sites is 1. The first-order chi connectivity index (χ1) is 7.11. The molecule has 15 heavy (non-hydrogen) atoms. The summed E-state index contributed by atoms with van der Waals surface area (Å²) in [6, 6.07) is 4.98. The van der Waals surface area contributed by atoms with Gasteiger partial charge in [-0.15, -0.1) is 0 Å². The van der Waals surface area contributed by atoms with Crippen LogP contribution in [0.1, 0.15) is 0 Å². The van der Waals surface area contributed by atoms with Crippen LogP contribution in [-0.4, -0.2) is 9.91 Å². The Morgan fingerprint density at radius 3 is 2.87 bits per heavy atom. The number of pyridine rings is 1. The first-order valence-corrected chi connectivity index (χ1v) is 4.46. The molecule has 1 aromatic heterocycles. The van der Waals surface area contributed by atoms with E-state index in [0.717, 1.165) is 6.20 Å². The molecular formula is C9H6ClN3O2. The molecular weight excluding hydrogens is 218 g/mol. The molecule has 1 heterocycles. The molecule has 2 aromatic rings. The van der Waals surface area contributed by atoms with Crippen LogP contribution in [0.3, 0.4) is 0 Å². The summed E-state index contributed by atoms with van der Waals surface area (Å²) >= 11 is 5.87. The lowest BCUT2D eigenvalue weighted by Crippen LogP contribution is -1.98. The minimum absolute atomic E-state index is 0.0903. The summed E-state index contributed by atoms with van der Waals surface area (Å²) in [6.45, 7) is 0. The standard InChI is InChI=1S/C9H6ClN3O2/c10-6-3-1-2-5-8(11)7(13(14)15)4-12-9(5)6/h1-4H,(H2,11,12). The van der Waals surface area contributed by atoms with Crippen LogP contribution in [0.5, 0.6) is 0 Å². The van der Waals surface area contributed by atoms with Crippen LogP contribution < -0.4 is 5.73 Å². The van der Waals surface area contributed by atoms with Gasteiger partial charge in [0.15, 0.2) is 0 Å². The molecule has 0 aliphatic heterocycles. The van der Waals surface area contributed by atoms with Crippen LogP contribution in [0.2, 0.25) is 5.02 Å². The van der Waals surface area contributed by atoms with Crippen LogP contribution in [0.4, 0.5) is 11.4 Å². The summed E-state index contributed by atoms with van der Waals surface area (Å²) in [5, 5.41) is 11.5. The van der Waals surface area contributed by atoms with Gasteiger partial charge in [-0.1, -0.05) is 23.7 Å². The van der Waals surface area contributed by atoms with Gasteiger partial charge in [0.1, 0.15) is 11.9 Å². The van der Waals surface area contributed by atoms with Gasteiger partial charge in [-0.3, -0.25) is 10.1 Å². The van der Waals surface area contributed by atoms with Gasteiger partial charge in [-0.05, 0) is 6.07 Å². The van der Waals surface area contributed by atoms with E-state index in [1.54, 1.807) is 18.2 Å². The molecule has 0 aliphatic carbocycles. The fraction of sp³-hybridized carbons (Fsp3) is 0. The van der Waals surface area contributed by atoms with Gasteiger partial charge in [0.2, 0.25) is 0 Å². The maximum atomic E-state index is 10.6. The third-order valence-electron chi connectivity index (χ3n) is 2.07. The minimum Gasteiger partial charge on any atom is -0.393 e. The fourth-order valence-electron chi connectivity index (χ4n) is 1.34. The van der Waals surface area contributed by atoms with Crippen molar-refractivity contribution in [1.82, 2.24) is 4.98 Å². The molecule has 76 valence electrons. The highest BCUT2D eigenvalue weighted by molar-refractivity contribution is 6.35. The largest absolute Gasteiger partial charge is 0.393 e. The van der Waals surface area contributed by atoms with Crippen molar-refractivity contribution in [3.05, 3.63) is 39.5 Å². The zero-order valence-electron chi connectivity index (χ0n) is 7.48. The lowest BCUT2D eigenvalue weighted by Gasteiger charge is -2.02. The molecule has 0 unspecified atom stereocenters. The lowest BCUT2D eigenvalue weighted by atomic mass is 10.2. The molecule has 0 bridgehead atoms. The SMILES string of the molecule is Nc1c([N+](=O)[O-])cnc2c(Cl)cccc12. The van der Waals surface area contributed by atoms with Crippen molar-refractivity contribution in [2.75, 3.05) is 5.73 Å². The van der Waals surface area contributed by atoms with Crippen LogP contribution in [-0.2, 0) is 0 Å². The Morgan fingerprint density at radius 1 is 1.47 bits per heavy atom. The minimum atomic E-state index is -0.567. The number of aromatic nitrogens is 1. The van der Waals surface area contributed by atoms with E-state index < -0.39 is 4.92 Å². The van der Waals surface area contributed by atoms with E-state index in [-0.39, 0.29) is 11.4 Å². The normalized spacial score (nSPS) is 10.5. The van der Waals surface area contributed by atoms with Crippen molar-refractivity contribution in [1.29, 1.82) is 0 Å². The van der Waals surface area contributed by atoms with Gasteiger partial charge < -0.3 is 5.73 Å². The molecule has 0 aliphatic rings. The highest BCUT2D eigenvalue weighted by Crippen LogP contribution is 2.31. The maximum absolute atomic E-state index is 10.6. The molecule has 2 N–H and O–H groups in total. The Labute approximate surface area is 89.6 Å². The fourth-order valence-corrected chi connectivity index (χ4v) is 1.57. The number of anilines is 1. The van der Waals surface area contributed by atoms with Gasteiger partial charge in [-0.2, -0.15) is 0 Å². The molecule has 5 nitrogen and oxygen atoms in total. The topological polar surface area (TPSA) is 82.0 Å². The van der Waals surface area contributed by atoms with Crippen LogP contribution in [0.15, 0.2) is 24.4 Å². The second-order valence-electron chi connectivity index (χ2n) is 2.95. The highest BCUT2D eigenvalue weighted by Gasteiger charge is 2.15. The second kappa shape index (κ2) is 3.36. The molecule has 0 saturated heterocycles. The summed E-state index contributed by atoms with van der Waals surface area (Å²) in [6.07, 6.45) is 1.11. The Hall–Kier alpha value is -1.88. The summed E-state index contributed by atoms with van der Waals surface area (Å²) in [5.41, 5.74) is 6.01. The first kappa shape index (κ1) is 9.67. The number of benzene rings is 1. The van der Waals surface area contributed by atoms with E-state index in [2.05, 4.69) is 4.98 Å². The summed E-state index contributed by atoms with van der Waals surface area (Å²) in [7, 11) is 0. The molecule has 0 radical (unpaired) electrons. The number of nitro groups is 1. The molecule has 0 fully saturated rings. The Bertz CT molecular complexity index is 556. The molecule has 0 saturated carbocycles. The quantitative estimate of drug-likeness (QED) is 0.594. The van der Waals surface area contributed by atoms with Crippen LogP contribution >= 0.6 is 11.6 Å². The number of hydrogen-bond donors (Lipinski definition) is 1. The average molecular weight is 224 g/mol. The molecule has 0 spiro atoms. The second-order valence-corrected chi connectivity index (χ2v) is 3.36. The van der Waals surface area contributed by atoms with Crippen LogP contribution in [0.25, 0.3) is 10.9 Å². The molecule has 1 aromatic carbocycles. The lowest BCUT2D eigenvalue weighted by molar-refractivity contribution is -0.384. The molecule has 2 rings (SSSR count). The van der Waals surface area contributed by atoms with Crippen molar-refractivity contribution in [2.24, 2.45) is 0 Å². The number of halogens is 1. The van der Waals surface area contributed by atoms with Crippen molar-refractivity contribution in [3.8, 4) is 0 Å². The van der Waals surface area contributed by atoms with Gasteiger partial charge >= 0.3 is 5.69 Å². The van der Waals surface area contributed by atoms with E-state index in [9.17, 15) is 10.1 Å². The summed E-state index contributed by atoms with van der Waals surface area (Å²) in [4.78, 5) is 13.9. The number of hydrogen-bond acceptors (Lipinski definition) is 4. The smallest absolute Gasteiger partial charge is 0.310 e. The Morgan fingerprint density at radius 2 is 2.20 bits per heavy atom. The van der Waals surface area contributed by atoms with E-state index >= 15 is 0 Å². The van der Waals surface area contributed by atoms with E-state index in [0.29, 0.717) is 15.9 Å². The number of nitrogens with zero attached hydrogens (tertiary/aromatic N) is 2. The first-order valence-electron chi connectivity index (χ1n) is 4.08. The zero-order valence-corrected chi connectivity index (χ0v) is 8.23. The monoisotopic (exact) mass is 223 g/mol. The molecule has 0 amide bonds. The van der Waals surface area contributed by atoms with Gasteiger partial charge in [-0.25, -0.2) is 4.98 Å². The zero-order chi connectivity index (χ0) is 11.0. The maximum Gasteiger partial charge on any atom is 0.310 e. The number of rotatable bonds is 1. The highest BCUT2D eigenvalue weighted by atomic mass is 35.5. The van der Waals surface area contributed by atoms with Crippen molar-refractivity contribution in [2.45, 2.75) is 0 Å². The predicted octanol–water partition coefficient (Wildman–Crippen LogP) is 2.38. The third kappa shape index (κ3) is 1.46. The number of nitrogens with two attached hydrogens (primary N) is 1. The van der Waals surface area contributed by atoms with E-state index in [1.165, 1.54) is 0 Å².